The number of hydrogen-bond donors (Lipinski definition) is 2. The summed E-state index contributed by atoms with van der Waals surface area (Å²) in [6.07, 6.45) is 1.78. The molecule has 1 aromatic carbocycles. The summed E-state index contributed by atoms with van der Waals surface area (Å²) in [5, 5.41) is 1.04. The second-order valence-corrected chi connectivity index (χ2v) is 4.39. The van der Waals surface area contributed by atoms with Crippen LogP contribution in [-0.2, 0) is 9.53 Å². The Kier molecular flexibility index (Phi) is 2.77. The van der Waals surface area contributed by atoms with E-state index in [0.29, 0.717) is 13.1 Å². The average Bonchev–Trinajstić information content (AvgIpc) is 2.83. The van der Waals surface area contributed by atoms with Crippen LogP contribution in [0.25, 0.3) is 10.9 Å². The highest BCUT2D eigenvalue weighted by atomic mass is 16.5. The van der Waals surface area contributed by atoms with Gasteiger partial charge in [-0.15, -0.1) is 0 Å². The number of nitrogens with one attached hydrogen (secondary N) is 1. The first kappa shape index (κ1) is 11.3. The molecule has 0 radical (unpaired) electrons. The summed E-state index contributed by atoms with van der Waals surface area (Å²) in [5.74, 6) is -0.0237. The monoisotopic (exact) mass is 245 g/mol. The molecule has 2 aromatic rings. The van der Waals surface area contributed by atoms with Gasteiger partial charge in [0, 0.05) is 23.6 Å². The SMILES string of the molecule is NCC1CN(c2c[nH]c3ccccc23)C(=O)CO1. The smallest absolute Gasteiger partial charge is 0.253 e. The Labute approximate surface area is 105 Å². The lowest BCUT2D eigenvalue weighted by Gasteiger charge is -2.31. The summed E-state index contributed by atoms with van der Waals surface area (Å²) in [7, 11) is 0. The quantitative estimate of drug-likeness (QED) is 0.824. The number of nitrogens with two attached hydrogens (primary N) is 1. The first-order valence-electron chi connectivity index (χ1n) is 5.97. The third-order valence-corrected chi connectivity index (χ3v) is 3.25. The number of H-pyrrole nitrogens is 1. The first-order chi connectivity index (χ1) is 8.79. The molecule has 1 atom stereocenters. The third-order valence-electron chi connectivity index (χ3n) is 3.25. The van der Waals surface area contributed by atoms with Gasteiger partial charge in [-0.1, -0.05) is 18.2 Å². The Morgan fingerprint density at radius 1 is 1.44 bits per heavy atom. The van der Waals surface area contributed by atoms with E-state index >= 15 is 0 Å². The zero-order valence-corrected chi connectivity index (χ0v) is 9.93. The molecule has 1 amide bonds. The lowest BCUT2D eigenvalue weighted by molar-refractivity contribution is -0.128. The van der Waals surface area contributed by atoms with Crippen LogP contribution in [0.5, 0.6) is 0 Å². The van der Waals surface area contributed by atoms with Crippen molar-refractivity contribution in [2.24, 2.45) is 5.73 Å². The molecule has 0 saturated carbocycles. The molecule has 94 valence electrons. The summed E-state index contributed by atoms with van der Waals surface area (Å²) in [5.41, 5.74) is 7.53. The van der Waals surface area contributed by atoms with Crippen molar-refractivity contribution in [1.29, 1.82) is 0 Å². The number of nitrogens with zero attached hydrogens (tertiary/aromatic N) is 1. The van der Waals surface area contributed by atoms with Crippen LogP contribution < -0.4 is 10.6 Å². The van der Waals surface area contributed by atoms with Gasteiger partial charge >= 0.3 is 0 Å². The van der Waals surface area contributed by atoms with Crippen molar-refractivity contribution in [3.63, 3.8) is 0 Å². The van der Waals surface area contributed by atoms with Crippen molar-refractivity contribution in [3.8, 4) is 0 Å². The number of benzene rings is 1. The number of ether oxygens (including phenoxy) is 1. The van der Waals surface area contributed by atoms with E-state index in [1.807, 2.05) is 30.5 Å². The standard InChI is InChI=1S/C13H15N3O2/c14-5-9-7-16(13(17)8-18-9)12-6-15-11-4-2-1-3-10(11)12/h1-4,6,9,15H,5,7-8,14H2. The highest BCUT2D eigenvalue weighted by Crippen LogP contribution is 2.28. The van der Waals surface area contributed by atoms with E-state index in [1.54, 1.807) is 4.90 Å². The first-order valence-corrected chi connectivity index (χ1v) is 5.97. The number of morpholine rings is 1. The molecule has 18 heavy (non-hydrogen) atoms. The van der Waals surface area contributed by atoms with Crippen molar-refractivity contribution in [2.75, 3.05) is 24.6 Å². The Bertz CT molecular complexity index is 578. The summed E-state index contributed by atoms with van der Waals surface area (Å²) < 4.78 is 5.35. The molecule has 5 heteroatoms. The minimum Gasteiger partial charge on any atom is -0.365 e. The van der Waals surface area contributed by atoms with Crippen LogP contribution in [0.2, 0.25) is 0 Å². The second-order valence-electron chi connectivity index (χ2n) is 4.39. The molecule has 1 aromatic heterocycles. The van der Waals surface area contributed by atoms with Gasteiger partial charge in [-0.05, 0) is 6.07 Å². The molecule has 1 saturated heterocycles. The largest absolute Gasteiger partial charge is 0.365 e. The van der Waals surface area contributed by atoms with Gasteiger partial charge in [-0.2, -0.15) is 0 Å². The molecule has 1 unspecified atom stereocenters. The minimum absolute atomic E-state index is 0.0237. The fourth-order valence-electron chi connectivity index (χ4n) is 2.28. The van der Waals surface area contributed by atoms with Crippen molar-refractivity contribution >= 4 is 22.5 Å². The van der Waals surface area contributed by atoms with E-state index in [9.17, 15) is 4.79 Å². The Balaban J connectivity index is 2.00. The number of carbonyl (C=O) groups excluding carboxylic acids is 1. The van der Waals surface area contributed by atoms with Gasteiger partial charge in [-0.3, -0.25) is 4.79 Å². The normalized spacial score (nSPS) is 20.6. The Morgan fingerprint density at radius 2 is 2.28 bits per heavy atom. The number of carbonyl (C=O) groups is 1. The van der Waals surface area contributed by atoms with Gasteiger partial charge in [0.2, 0.25) is 0 Å². The van der Waals surface area contributed by atoms with Crippen LogP contribution in [0.15, 0.2) is 30.5 Å². The topological polar surface area (TPSA) is 71.3 Å². The summed E-state index contributed by atoms with van der Waals surface area (Å²) in [6.45, 7) is 1.03. The third kappa shape index (κ3) is 1.77. The average molecular weight is 245 g/mol. The van der Waals surface area contributed by atoms with Gasteiger partial charge in [0.15, 0.2) is 0 Å². The van der Waals surface area contributed by atoms with Crippen molar-refractivity contribution in [3.05, 3.63) is 30.5 Å². The fraction of sp³-hybridized carbons (Fsp3) is 0.308. The number of fused-ring (bicyclic) bond motifs is 1. The van der Waals surface area contributed by atoms with E-state index in [4.69, 9.17) is 10.5 Å². The molecule has 0 spiro atoms. The molecule has 1 fully saturated rings. The second kappa shape index (κ2) is 4.44. The Morgan fingerprint density at radius 3 is 3.11 bits per heavy atom. The minimum atomic E-state index is -0.0867. The van der Waals surface area contributed by atoms with Gasteiger partial charge < -0.3 is 20.4 Å². The van der Waals surface area contributed by atoms with Crippen molar-refractivity contribution < 1.29 is 9.53 Å². The molecule has 2 heterocycles. The number of aromatic nitrogens is 1. The molecular weight excluding hydrogens is 230 g/mol. The van der Waals surface area contributed by atoms with Crippen LogP contribution in [-0.4, -0.2) is 36.7 Å². The maximum absolute atomic E-state index is 11.9. The van der Waals surface area contributed by atoms with Gasteiger partial charge in [-0.25, -0.2) is 0 Å². The maximum Gasteiger partial charge on any atom is 0.253 e. The van der Waals surface area contributed by atoms with Gasteiger partial charge in [0.1, 0.15) is 6.61 Å². The lowest BCUT2D eigenvalue weighted by Crippen LogP contribution is -2.49. The molecule has 3 N–H and O–H groups in total. The van der Waals surface area contributed by atoms with E-state index in [0.717, 1.165) is 16.6 Å². The van der Waals surface area contributed by atoms with E-state index < -0.39 is 0 Å². The van der Waals surface area contributed by atoms with Gasteiger partial charge in [0.05, 0.1) is 18.3 Å². The van der Waals surface area contributed by atoms with Gasteiger partial charge in [0.25, 0.3) is 5.91 Å². The predicted molar refractivity (Wildman–Crippen MR) is 69.4 cm³/mol. The number of para-hydroxylation sites is 1. The summed E-state index contributed by atoms with van der Waals surface area (Å²) in [6, 6.07) is 7.92. The van der Waals surface area contributed by atoms with Crippen LogP contribution in [0.3, 0.4) is 0 Å². The van der Waals surface area contributed by atoms with Crippen molar-refractivity contribution in [1.82, 2.24) is 4.98 Å². The maximum atomic E-state index is 11.9. The van der Waals surface area contributed by atoms with Crippen LogP contribution in [0, 0.1) is 0 Å². The van der Waals surface area contributed by atoms with E-state index in [2.05, 4.69) is 4.98 Å². The zero-order valence-electron chi connectivity index (χ0n) is 9.93. The molecule has 1 aliphatic rings. The fourth-order valence-corrected chi connectivity index (χ4v) is 2.28. The number of anilines is 1. The van der Waals surface area contributed by atoms with E-state index in [1.165, 1.54) is 0 Å². The number of hydrogen-bond acceptors (Lipinski definition) is 3. The summed E-state index contributed by atoms with van der Waals surface area (Å²) >= 11 is 0. The molecule has 1 aliphatic heterocycles. The van der Waals surface area contributed by atoms with Crippen molar-refractivity contribution in [2.45, 2.75) is 6.10 Å². The number of rotatable bonds is 2. The Hall–Kier alpha value is -1.85. The lowest BCUT2D eigenvalue weighted by atomic mass is 10.2. The zero-order chi connectivity index (χ0) is 12.5. The van der Waals surface area contributed by atoms with Crippen LogP contribution in [0.1, 0.15) is 0 Å². The molecule has 5 nitrogen and oxygen atoms in total. The van der Waals surface area contributed by atoms with E-state index in [-0.39, 0.29) is 18.6 Å². The predicted octanol–water partition coefficient (Wildman–Crippen LogP) is 0.858. The number of aromatic amines is 1. The summed E-state index contributed by atoms with van der Waals surface area (Å²) in [4.78, 5) is 16.9. The van der Waals surface area contributed by atoms with Crippen LogP contribution in [0.4, 0.5) is 5.69 Å². The molecule has 3 rings (SSSR count). The molecule has 0 aliphatic carbocycles. The number of amides is 1. The van der Waals surface area contributed by atoms with Crippen LogP contribution >= 0.6 is 0 Å². The molecular formula is C13H15N3O2. The molecule has 0 bridgehead atoms. The highest BCUT2D eigenvalue weighted by molar-refractivity contribution is 6.04. The highest BCUT2D eigenvalue weighted by Gasteiger charge is 2.27.